The fraction of sp³-hybridized carbons (Fsp3) is 0.278. The number of hydrogen-bond donors (Lipinski definition) is 1. The van der Waals surface area contributed by atoms with E-state index in [-0.39, 0.29) is 11.3 Å². The summed E-state index contributed by atoms with van der Waals surface area (Å²) in [5.74, 6) is -0.0284. The predicted molar refractivity (Wildman–Crippen MR) is 90.3 cm³/mol. The zero-order valence-corrected chi connectivity index (χ0v) is 13.4. The Labute approximate surface area is 129 Å². The molecule has 1 heterocycles. The summed E-state index contributed by atoms with van der Waals surface area (Å²) in [5, 5.41) is 5.07. The summed E-state index contributed by atoms with van der Waals surface area (Å²) in [6.07, 6.45) is 1.04. The molecule has 1 amide bonds. The number of benzene rings is 1. The van der Waals surface area contributed by atoms with Crippen LogP contribution < -0.4 is 5.32 Å². The van der Waals surface area contributed by atoms with Gasteiger partial charge in [-0.25, -0.2) is 0 Å². The third kappa shape index (κ3) is 2.54. The van der Waals surface area contributed by atoms with Crippen LogP contribution in [0.5, 0.6) is 0 Å². The van der Waals surface area contributed by atoms with E-state index in [1.165, 1.54) is 16.0 Å². The molecule has 3 rings (SSSR count). The van der Waals surface area contributed by atoms with Crippen molar-refractivity contribution in [3.8, 4) is 0 Å². The molecule has 0 spiro atoms. The Morgan fingerprint density at radius 1 is 1.19 bits per heavy atom. The molecule has 3 heteroatoms. The number of thiophene rings is 1. The predicted octanol–water partition coefficient (Wildman–Crippen LogP) is 5.05. The average molecular weight is 297 g/mol. The minimum atomic E-state index is -0.0284. The van der Waals surface area contributed by atoms with Gasteiger partial charge in [-0.15, -0.1) is 11.3 Å². The van der Waals surface area contributed by atoms with Gasteiger partial charge in [0.2, 0.25) is 5.91 Å². The summed E-state index contributed by atoms with van der Waals surface area (Å²) >= 11 is 1.78. The Balaban J connectivity index is 2.12. The maximum Gasteiger partial charge on any atom is 0.221 e. The number of hydrogen-bond acceptors (Lipinski definition) is 2. The van der Waals surface area contributed by atoms with Crippen molar-refractivity contribution in [3.05, 3.63) is 52.2 Å². The van der Waals surface area contributed by atoms with Crippen LogP contribution in [0.3, 0.4) is 0 Å². The van der Waals surface area contributed by atoms with Crippen LogP contribution in [0.15, 0.2) is 41.8 Å². The van der Waals surface area contributed by atoms with Crippen molar-refractivity contribution in [1.29, 1.82) is 0 Å². The van der Waals surface area contributed by atoms with Crippen molar-refractivity contribution in [1.82, 2.24) is 0 Å². The molecule has 1 aliphatic carbocycles. The van der Waals surface area contributed by atoms with Crippen LogP contribution in [0.1, 0.15) is 37.6 Å². The molecule has 21 heavy (non-hydrogen) atoms. The zero-order chi connectivity index (χ0) is 15.0. The van der Waals surface area contributed by atoms with E-state index < -0.39 is 0 Å². The second kappa shape index (κ2) is 5.15. The molecular weight excluding hydrogens is 278 g/mol. The molecule has 1 aromatic carbocycles. The van der Waals surface area contributed by atoms with Gasteiger partial charge in [0.25, 0.3) is 0 Å². The third-order valence-electron chi connectivity index (χ3n) is 3.93. The van der Waals surface area contributed by atoms with Gasteiger partial charge < -0.3 is 5.32 Å². The van der Waals surface area contributed by atoms with Gasteiger partial charge in [-0.2, -0.15) is 0 Å². The Kier molecular flexibility index (Phi) is 3.46. The van der Waals surface area contributed by atoms with Gasteiger partial charge >= 0.3 is 0 Å². The highest BCUT2D eigenvalue weighted by Crippen LogP contribution is 2.57. The topological polar surface area (TPSA) is 29.1 Å². The first-order chi connectivity index (χ1) is 9.99. The van der Waals surface area contributed by atoms with Gasteiger partial charge in [-0.3, -0.25) is 4.79 Å². The molecule has 2 nitrogen and oxygen atoms in total. The van der Waals surface area contributed by atoms with Gasteiger partial charge in [0.15, 0.2) is 0 Å². The van der Waals surface area contributed by atoms with Crippen molar-refractivity contribution in [2.75, 3.05) is 5.32 Å². The van der Waals surface area contributed by atoms with Crippen molar-refractivity contribution in [2.24, 2.45) is 5.41 Å². The summed E-state index contributed by atoms with van der Waals surface area (Å²) in [5.41, 5.74) is 5.02. The standard InChI is InChI=1S/C18H19NOS/c1-12(20)19-15-8-5-4-7-13(15)14-11-18(2,3)17(14)16-9-6-10-21-16/h4-10H,11H2,1-3H3,(H,19,20). The minimum absolute atomic E-state index is 0.0284. The van der Waals surface area contributed by atoms with Crippen molar-refractivity contribution in [2.45, 2.75) is 27.2 Å². The highest BCUT2D eigenvalue weighted by Gasteiger charge is 2.39. The maximum absolute atomic E-state index is 11.4. The minimum Gasteiger partial charge on any atom is -0.326 e. The Hall–Kier alpha value is -1.87. The summed E-state index contributed by atoms with van der Waals surface area (Å²) < 4.78 is 0. The lowest BCUT2D eigenvalue weighted by Crippen LogP contribution is -2.25. The Morgan fingerprint density at radius 3 is 2.57 bits per heavy atom. The number of amides is 1. The maximum atomic E-state index is 11.4. The summed E-state index contributed by atoms with van der Waals surface area (Å²) in [6, 6.07) is 12.3. The average Bonchev–Trinajstić information content (AvgIpc) is 2.89. The molecule has 0 aliphatic heterocycles. The molecule has 0 unspecified atom stereocenters. The van der Waals surface area contributed by atoms with E-state index in [2.05, 4.69) is 42.7 Å². The number of nitrogens with one attached hydrogen (secondary N) is 1. The SMILES string of the molecule is CC(=O)Nc1ccccc1C1=C(c2cccs2)C(C)(C)C1. The molecule has 1 aromatic heterocycles. The van der Waals surface area contributed by atoms with Gasteiger partial charge in [0, 0.05) is 23.1 Å². The second-order valence-corrected chi connectivity index (χ2v) is 7.07. The first kappa shape index (κ1) is 14.1. The number of anilines is 1. The fourth-order valence-corrected chi connectivity index (χ4v) is 4.08. The summed E-state index contributed by atoms with van der Waals surface area (Å²) in [6.45, 7) is 6.12. The lowest BCUT2D eigenvalue weighted by molar-refractivity contribution is -0.114. The quantitative estimate of drug-likeness (QED) is 0.844. The number of carbonyl (C=O) groups excluding carboxylic acids is 1. The lowest BCUT2D eigenvalue weighted by Gasteiger charge is -2.41. The first-order valence-corrected chi connectivity index (χ1v) is 8.01. The zero-order valence-electron chi connectivity index (χ0n) is 12.6. The summed E-state index contributed by atoms with van der Waals surface area (Å²) in [7, 11) is 0. The number of allylic oxidation sites excluding steroid dienone is 2. The molecule has 0 saturated carbocycles. The van der Waals surface area contributed by atoms with Crippen LogP contribution in [0.2, 0.25) is 0 Å². The van der Waals surface area contributed by atoms with Crippen LogP contribution >= 0.6 is 11.3 Å². The fourth-order valence-electron chi connectivity index (χ4n) is 3.10. The Morgan fingerprint density at radius 2 is 1.95 bits per heavy atom. The highest BCUT2D eigenvalue weighted by molar-refractivity contribution is 7.11. The van der Waals surface area contributed by atoms with E-state index in [1.807, 2.05) is 18.2 Å². The molecule has 0 radical (unpaired) electrons. The molecule has 2 aromatic rings. The normalized spacial score (nSPS) is 16.5. The summed E-state index contributed by atoms with van der Waals surface area (Å²) in [4.78, 5) is 12.7. The van der Waals surface area contributed by atoms with E-state index in [0.29, 0.717) is 0 Å². The van der Waals surface area contributed by atoms with Crippen LogP contribution in [-0.2, 0) is 4.79 Å². The molecule has 0 saturated heterocycles. The van der Waals surface area contributed by atoms with E-state index >= 15 is 0 Å². The van der Waals surface area contributed by atoms with Crippen molar-refractivity contribution >= 4 is 34.1 Å². The molecule has 0 atom stereocenters. The van der Waals surface area contributed by atoms with Crippen molar-refractivity contribution < 1.29 is 4.79 Å². The van der Waals surface area contributed by atoms with E-state index in [4.69, 9.17) is 0 Å². The smallest absolute Gasteiger partial charge is 0.221 e. The van der Waals surface area contributed by atoms with Gasteiger partial charge in [0.05, 0.1) is 0 Å². The van der Waals surface area contributed by atoms with Crippen LogP contribution in [-0.4, -0.2) is 5.91 Å². The molecular formula is C18H19NOS. The van der Waals surface area contributed by atoms with Gasteiger partial charge in [-0.1, -0.05) is 38.1 Å². The van der Waals surface area contributed by atoms with Crippen LogP contribution in [0.4, 0.5) is 5.69 Å². The third-order valence-corrected chi connectivity index (χ3v) is 4.82. The number of carbonyl (C=O) groups is 1. The van der Waals surface area contributed by atoms with Crippen molar-refractivity contribution in [3.63, 3.8) is 0 Å². The second-order valence-electron chi connectivity index (χ2n) is 6.12. The van der Waals surface area contributed by atoms with E-state index in [0.717, 1.165) is 17.7 Å². The molecule has 108 valence electrons. The Bertz CT molecular complexity index is 711. The van der Waals surface area contributed by atoms with E-state index in [1.54, 1.807) is 18.3 Å². The van der Waals surface area contributed by atoms with Crippen LogP contribution in [0, 0.1) is 5.41 Å². The van der Waals surface area contributed by atoms with Crippen LogP contribution in [0.25, 0.3) is 11.1 Å². The number of para-hydroxylation sites is 1. The monoisotopic (exact) mass is 297 g/mol. The molecule has 0 fully saturated rings. The molecule has 1 aliphatic rings. The lowest BCUT2D eigenvalue weighted by atomic mass is 9.64. The van der Waals surface area contributed by atoms with E-state index in [9.17, 15) is 4.79 Å². The highest BCUT2D eigenvalue weighted by atomic mass is 32.1. The molecule has 1 N–H and O–H groups in total. The van der Waals surface area contributed by atoms with Gasteiger partial charge in [-0.05, 0) is 40.5 Å². The largest absolute Gasteiger partial charge is 0.326 e. The molecule has 0 bridgehead atoms. The first-order valence-electron chi connectivity index (χ1n) is 7.13. The number of rotatable bonds is 3. The van der Waals surface area contributed by atoms with Gasteiger partial charge in [0.1, 0.15) is 0 Å².